The highest BCUT2D eigenvalue weighted by Crippen LogP contribution is 2.15. The van der Waals surface area contributed by atoms with E-state index >= 15 is 0 Å². The minimum absolute atomic E-state index is 0.0693. The molecule has 21 heavy (non-hydrogen) atoms. The Balaban J connectivity index is 2.08. The molecule has 6 heteroatoms. The van der Waals surface area contributed by atoms with Crippen LogP contribution in [0, 0.1) is 0 Å². The monoisotopic (exact) mass is 308 g/mol. The molecule has 0 saturated heterocycles. The third kappa shape index (κ3) is 4.15. The van der Waals surface area contributed by atoms with Crippen molar-refractivity contribution in [3.8, 4) is 0 Å². The Labute approximate surface area is 125 Å². The van der Waals surface area contributed by atoms with Crippen LogP contribution in [0.15, 0.2) is 40.8 Å². The Kier molecular flexibility index (Phi) is 4.80. The molecule has 0 fully saturated rings. The highest BCUT2D eigenvalue weighted by Gasteiger charge is 2.18. The SMILES string of the molecule is CN1CC=C(CNC(=O)c2ccccc2S(C)(=O)=O)CC1. The summed E-state index contributed by atoms with van der Waals surface area (Å²) in [5, 5.41) is 2.81. The lowest BCUT2D eigenvalue weighted by molar-refractivity contribution is 0.0953. The average molecular weight is 308 g/mol. The third-order valence-corrected chi connectivity index (χ3v) is 4.67. The van der Waals surface area contributed by atoms with Gasteiger partial charge in [0.05, 0.1) is 10.5 Å². The van der Waals surface area contributed by atoms with E-state index in [-0.39, 0.29) is 16.4 Å². The van der Waals surface area contributed by atoms with Crippen LogP contribution in [0.25, 0.3) is 0 Å². The Morgan fingerprint density at radius 2 is 2.05 bits per heavy atom. The molecule has 1 aromatic rings. The van der Waals surface area contributed by atoms with Gasteiger partial charge in [-0.05, 0) is 25.6 Å². The quantitative estimate of drug-likeness (QED) is 0.845. The van der Waals surface area contributed by atoms with E-state index in [1.807, 2.05) is 7.05 Å². The van der Waals surface area contributed by atoms with Gasteiger partial charge in [-0.3, -0.25) is 4.79 Å². The van der Waals surface area contributed by atoms with Crippen molar-refractivity contribution in [3.63, 3.8) is 0 Å². The molecular weight excluding hydrogens is 288 g/mol. The molecule has 1 amide bonds. The van der Waals surface area contributed by atoms with E-state index in [1.54, 1.807) is 12.1 Å². The van der Waals surface area contributed by atoms with E-state index in [0.717, 1.165) is 25.8 Å². The molecule has 0 saturated carbocycles. The average Bonchev–Trinajstić information content (AvgIpc) is 2.45. The number of hydrogen-bond acceptors (Lipinski definition) is 4. The van der Waals surface area contributed by atoms with E-state index in [1.165, 1.54) is 17.7 Å². The molecule has 0 atom stereocenters. The molecule has 0 spiro atoms. The van der Waals surface area contributed by atoms with Gasteiger partial charge in [0.1, 0.15) is 0 Å². The summed E-state index contributed by atoms with van der Waals surface area (Å²) in [6, 6.07) is 6.28. The van der Waals surface area contributed by atoms with Crippen molar-refractivity contribution >= 4 is 15.7 Å². The zero-order valence-corrected chi connectivity index (χ0v) is 13.1. The van der Waals surface area contributed by atoms with Crippen molar-refractivity contribution in [2.24, 2.45) is 0 Å². The number of carbonyl (C=O) groups is 1. The molecule has 1 aliphatic rings. The number of hydrogen-bond donors (Lipinski definition) is 1. The predicted molar refractivity (Wildman–Crippen MR) is 82.1 cm³/mol. The summed E-state index contributed by atoms with van der Waals surface area (Å²) in [5.41, 5.74) is 1.38. The van der Waals surface area contributed by atoms with Crippen LogP contribution in [-0.4, -0.2) is 52.2 Å². The molecule has 0 radical (unpaired) electrons. The molecule has 1 N–H and O–H groups in total. The second-order valence-corrected chi connectivity index (χ2v) is 7.31. The standard InChI is InChI=1S/C15H20N2O3S/c1-17-9-7-12(8-10-17)11-16-15(18)13-5-3-4-6-14(13)21(2,19)20/h3-7H,8-11H2,1-2H3,(H,16,18). The van der Waals surface area contributed by atoms with Crippen LogP contribution in [0.3, 0.4) is 0 Å². The fourth-order valence-electron chi connectivity index (χ4n) is 2.24. The number of likely N-dealkylation sites (N-methyl/N-ethyl adjacent to an activating group) is 1. The van der Waals surface area contributed by atoms with E-state index in [4.69, 9.17) is 0 Å². The van der Waals surface area contributed by atoms with Gasteiger partial charge < -0.3 is 10.2 Å². The zero-order valence-electron chi connectivity index (χ0n) is 12.3. The first-order chi connectivity index (χ1) is 9.88. The number of nitrogens with one attached hydrogen (secondary N) is 1. The first-order valence-corrected chi connectivity index (χ1v) is 8.71. The zero-order chi connectivity index (χ0) is 15.5. The minimum atomic E-state index is -3.41. The van der Waals surface area contributed by atoms with E-state index < -0.39 is 9.84 Å². The third-order valence-electron chi connectivity index (χ3n) is 3.51. The highest BCUT2D eigenvalue weighted by molar-refractivity contribution is 7.90. The van der Waals surface area contributed by atoms with E-state index in [9.17, 15) is 13.2 Å². The fraction of sp³-hybridized carbons (Fsp3) is 0.400. The van der Waals surface area contributed by atoms with Gasteiger partial charge in [-0.15, -0.1) is 0 Å². The van der Waals surface area contributed by atoms with Crippen molar-refractivity contribution < 1.29 is 13.2 Å². The Hall–Kier alpha value is -1.66. The van der Waals surface area contributed by atoms with Gasteiger partial charge in [0.2, 0.25) is 0 Å². The summed E-state index contributed by atoms with van der Waals surface area (Å²) in [6.07, 6.45) is 4.13. The first kappa shape index (κ1) is 15.7. The predicted octanol–water partition coefficient (Wildman–Crippen LogP) is 1.08. The van der Waals surface area contributed by atoms with Crippen molar-refractivity contribution in [1.82, 2.24) is 10.2 Å². The van der Waals surface area contributed by atoms with Gasteiger partial charge in [0.25, 0.3) is 5.91 Å². The molecule has 0 aromatic heterocycles. The van der Waals surface area contributed by atoms with Gasteiger partial charge in [0, 0.05) is 25.9 Å². The molecule has 1 heterocycles. The molecule has 2 rings (SSSR count). The van der Waals surface area contributed by atoms with Crippen molar-refractivity contribution in [1.29, 1.82) is 0 Å². The fourth-order valence-corrected chi connectivity index (χ4v) is 3.13. The number of rotatable bonds is 4. The topological polar surface area (TPSA) is 66.5 Å². The van der Waals surface area contributed by atoms with Crippen LogP contribution in [0.1, 0.15) is 16.8 Å². The van der Waals surface area contributed by atoms with Gasteiger partial charge in [-0.1, -0.05) is 23.8 Å². The lowest BCUT2D eigenvalue weighted by Crippen LogP contribution is -2.31. The van der Waals surface area contributed by atoms with Gasteiger partial charge >= 0.3 is 0 Å². The number of benzene rings is 1. The number of nitrogens with zero attached hydrogens (tertiary/aromatic N) is 1. The highest BCUT2D eigenvalue weighted by atomic mass is 32.2. The molecule has 1 aliphatic heterocycles. The van der Waals surface area contributed by atoms with E-state index in [0.29, 0.717) is 6.54 Å². The smallest absolute Gasteiger partial charge is 0.252 e. The summed E-state index contributed by atoms with van der Waals surface area (Å²) < 4.78 is 23.4. The first-order valence-electron chi connectivity index (χ1n) is 6.81. The molecule has 114 valence electrons. The van der Waals surface area contributed by atoms with Crippen LogP contribution in [0.5, 0.6) is 0 Å². The van der Waals surface area contributed by atoms with Gasteiger partial charge in [-0.25, -0.2) is 8.42 Å². The summed E-state index contributed by atoms with van der Waals surface area (Å²) in [5.74, 6) is -0.351. The van der Waals surface area contributed by atoms with Gasteiger partial charge in [-0.2, -0.15) is 0 Å². The van der Waals surface area contributed by atoms with Crippen LogP contribution in [0.2, 0.25) is 0 Å². The van der Waals surface area contributed by atoms with Crippen molar-refractivity contribution in [2.75, 3.05) is 32.9 Å². The molecule has 0 bridgehead atoms. The number of sulfone groups is 1. The van der Waals surface area contributed by atoms with E-state index in [2.05, 4.69) is 16.3 Å². The minimum Gasteiger partial charge on any atom is -0.348 e. The second-order valence-electron chi connectivity index (χ2n) is 5.33. The lowest BCUT2D eigenvalue weighted by Gasteiger charge is -2.22. The van der Waals surface area contributed by atoms with Crippen LogP contribution in [0.4, 0.5) is 0 Å². The van der Waals surface area contributed by atoms with Crippen LogP contribution in [-0.2, 0) is 9.84 Å². The normalized spacial score (nSPS) is 16.4. The van der Waals surface area contributed by atoms with Crippen molar-refractivity contribution in [2.45, 2.75) is 11.3 Å². The molecule has 0 unspecified atom stereocenters. The maximum atomic E-state index is 12.2. The molecule has 0 aliphatic carbocycles. The second kappa shape index (κ2) is 6.41. The summed E-state index contributed by atoms with van der Waals surface area (Å²) in [4.78, 5) is 14.5. The summed E-state index contributed by atoms with van der Waals surface area (Å²) in [7, 11) is -1.36. The Morgan fingerprint density at radius 1 is 1.33 bits per heavy atom. The number of carbonyl (C=O) groups excluding carboxylic acids is 1. The summed E-state index contributed by atoms with van der Waals surface area (Å²) >= 11 is 0. The maximum absolute atomic E-state index is 12.2. The van der Waals surface area contributed by atoms with Crippen molar-refractivity contribution in [3.05, 3.63) is 41.5 Å². The largest absolute Gasteiger partial charge is 0.348 e. The summed E-state index contributed by atoms with van der Waals surface area (Å²) in [6.45, 7) is 2.32. The number of amides is 1. The van der Waals surface area contributed by atoms with Crippen LogP contribution < -0.4 is 5.32 Å². The van der Waals surface area contributed by atoms with Crippen LogP contribution >= 0.6 is 0 Å². The molecular formula is C15H20N2O3S. The maximum Gasteiger partial charge on any atom is 0.252 e. The lowest BCUT2D eigenvalue weighted by atomic mass is 10.1. The molecule has 5 nitrogen and oxygen atoms in total. The van der Waals surface area contributed by atoms with Gasteiger partial charge in [0.15, 0.2) is 9.84 Å². The molecule has 1 aromatic carbocycles. The Bertz CT molecular complexity index is 665. The Morgan fingerprint density at radius 3 is 2.67 bits per heavy atom.